The monoisotopic (exact) mass is 464 g/mol. The van der Waals surface area contributed by atoms with Crippen molar-refractivity contribution >= 4 is 22.7 Å². The maximum Gasteiger partial charge on any atom is 0.188 e. The van der Waals surface area contributed by atoms with Crippen molar-refractivity contribution in [3.8, 4) is 34.4 Å². The molecular weight excluding hydrogens is 444 g/mol. The second-order valence-electron chi connectivity index (χ2n) is 7.94. The summed E-state index contributed by atoms with van der Waals surface area (Å²) in [6.07, 6.45) is 0. The van der Waals surface area contributed by atoms with Gasteiger partial charge >= 0.3 is 0 Å². The minimum absolute atomic E-state index is 0.0801. The van der Waals surface area contributed by atoms with Crippen LogP contribution in [0.25, 0.3) is 22.3 Å². The summed E-state index contributed by atoms with van der Waals surface area (Å²) in [7, 11) is 0. The van der Waals surface area contributed by atoms with E-state index in [2.05, 4.69) is 33.0 Å². The molecule has 0 bridgehead atoms. The fraction of sp³-hybridized carbons (Fsp3) is 0. The minimum atomic E-state index is 0.0801. The smallest absolute Gasteiger partial charge is 0.188 e. The van der Waals surface area contributed by atoms with Crippen LogP contribution in [0, 0.1) is 22.7 Å². The summed E-state index contributed by atoms with van der Waals surface area (Å²) >= 11 is 0. The highest BCUT2D eigenvalue weighted by molar-refractivity contribution is 5.91. The lowest BCUT2D eigenvalue weighted by Crippen LogP contribution is -2.08. The number of benzene rings is 4. The third kappa shape index (κ3) is 4.48. The zero-order chi connectivity index (χ0) is 24.7. The molecule has 170 valence electrons. The lowest BCUT2D eigenvalue weighted by atomic mass is 10.0. The standard InChI is InChI=1S/C30H20N6/c31-19-27-29(33-25-17-9-7-15-23(25)21-11-3-1-4-12-21)30(28(20-32)36-35-27)34-26-18-10-8-16-24(26)22-13-5-2-6-14-22/h1-18H,(H,33,36)(H,34,35). The predicted molar refractivity (Wildman–Crippen MR) is 142 cm³/mol. The second kappa shape index (κ2) is 10.2. The number of hydrogen-bond donors (Lipinski definition) is 2. The van der Waals surface area contributed by atoms with Gasteiger partial charge in [0.2, 0.25) is 0 Å². The van der Waals surface area contributed by atoms with Crippen LogP contribution in [-0.4, -0.2) is 10.2 Å². The van der Waals surface area contributed by atoms with E-state index in [1.807, 2.05) is 109 Å². The molecule has 0 aliphatic carbocycles. The zero-order valence-corrected chi connectivity index (χ0v) is 19.2. The fourth-order valence-corrected chi connectivity index (χ4v) is 4.03. The summed E-state index contributed by atoms with van der Waals surface area (Å²) in [5.41, 5.74) is 6.42. The Morgan fingerprint density at radius 1 is 0.472 bits per heavy atom. The lowest BCUT2D eigenvalue weighted by Gasteiger charge is -2.19. The zero-order valence-electron chi connectivity index (χ0n) is 19.2. The Morgan fingerprint density at radius 2 is 0.833 bits per heavy atom. The lowest BCUT2D eigenvalue weighted by molar-refractivity contribution is 0.994. The summed E-state index contributed by atoms with van der Waals surface area (Å²) in [5.74, 6) is 0. The van der Waals surface area contributed by atoms with E-state index in [4.69, 9.17) is 0 Å². The van der Waals surface area contributed by atoms with Crippen LogP contribution < -0.4 is 10.6 Å². The van der Waals surface area contributed by atoms with Gasteiger partial charge in [0.15, 0.2) is 11.4 Å². The van der Waals surface area contributed by atoms with Crippen LogP contribution in [0.2, 0.25) is 0 Å². The van der Waals surface area contributed by atoms with Crippen molar-refractivity contribution in [3.63, 3.8) is 0 Å². The second-order valence-corrected chi connectivity index (χ2v) is 7.94. The van der Waals surface area contributed by atoms with Gasteiger partial charge in [0.05, 0.1) is 0 Å². The maximum atomic E-state index is 9.87. The largest absolute Gasteiger partial charge is 0.351 e. The third-order valence-electron chi connectivity index (χ3n) is 5.73. The van der Waals surface area contributed by atoms with Crippen molar-refractivity contribution in [1.29, 1.82) is 10.5 Å². The highest BCUT2D eigenvalue weighted by Gasteiger charge is 2.20. The van der Waals surface area contributed by atoms with E-state index < -0.39 is 0 Å². The number of aromatic nitrogens is 2. The van der Waals surface area contributed by atoms with Gasteiger partial charge in [0, 0.05) is 22.5 Å². The molecule has 6 heteroatoms. The van der Waals surface area contributed by atoms with E-state index in [1.165, 1.54) is 0 Å². The number of para-hydroxylation sites is 2. The minimum Gasteiger partial charge on any atom is -0.351 e. The predicted octanol–water partition coefficient (Wildman–Crippen LogP) is 7.04. The average molecular weight is 465 g/mol. The van der Waals surface area contributed by atoms with Crippen LogP contribution in [0.3, 0.4) is 0 Å². The highest BCUT2D eigenvalue weighted by atomic mass is 15.1. The molecule has 6 nitrogen and oxygen atoms in total. The van der Waals surface area contributed by atoms with Gasteiger partial charge in [-0.2, -0.15) is 10.5 Å². The molecule has 0 atom stereocenters. The molecular formula is C30H20N6. The van der Waals surface area contributed by atoms with Gasteiger partial charge in [-0.3, -0.25) is 0 Å². The molecule has 0 saturated carbocycles. The van der Waals surface area contributed by atoms with Crippen molar-refractivity contribution in [2.45, 2.75) is 0 Å². The van der Waals surface area contributed by atoms with E-state index in [9.17, 15) is 10.5 Å². The molecule has 1 heterocycles. The Hall–Kier alpha value is -5.46. The molecule has 4 aromatic carbocycles. The molecule has 0 radical (unpaired) electrons. The van der Waals surface area contributed by atoms with E-state index in [0.717, 1.165) is 33.6 Å². The number of nitrogens with zero attached hydrogens (tertiary/aromatic N) is 4. The maximum absolute atomic E-state index is 9.87. The third-order valence-corrected chi connectivity index (χ3v) is 5.73. The van der Waals surface area contributed by atoms with Gasteiger partial charge < -0.3 is 10.6 Å². The van der Waals surface area contributed by atoms with Gasteiger partial charge in [-0.25, -0.2) is 0 Å². The molecule has 0 unspecified atom stereocenters. The van der Waals surface area contributed by atoms with Crippen molar-refractivity contribution in [1.82, 2.24) is 10.2 Å². The molecule has 0 saturated heterocycles. The number of anilines is 4. The first-order chi connectivity index (χ1) is 17.8. The van der Waals surface area contributed by atoms with Gasteiger partial charge in [-0.15, -0.1) is 10.2 Å². The van der Waals surface area contributed by atoms with Crippen LogP contribution >= 0.6 is 0 Å². The molecule has 5 aromatic rings. The number of nitriles is 2. The van der Waals surface area contributed by atoms with Crippen LogP contribution in [0.15, 0.2) is 109 Å². The first kappa shape index (κ1) is 22.3. The molecule has 2 N–H and O–H groups in total. The van der Waals surface area contributed by atoms with Gasteiger partial charge in [0.25, 0.3) is 0 Å². The molecule has 0 amide bonds. The molecule has 0 aliphatic heterocycles. The molecule has 36 heavy (non-hydrogen) atoms. The summed E-state index contributed by atoms with van der Waals surface area (Å²) < 4.78 is 0. The Morgan fingerprint density at radius 3 is 1.22 bits per heavy atom. The van der Waals surface area contributed by atoms with Crippen LogP contribution in [0.1, 0.15) is 11.4 Å². The summed E-state index contributed by atoms with van der Waals surface area (Å²) in [4.78, 5) is 0. The molecule has 1 aromatic heterocycles. The molecule has 5 rings (SSSR count). The fourth-order valence-electron chi connectivity index (χ4n) is 4.03. The van der Waals surface area contributed by atoms with Crippen molar-refractivity contribution in [2.24, 2.45) is 0 Å². The van der Waals surface area contributed by atoms with Crippen molar-refractivity contribution in [3.05, 3.63) is 121 Å². The van der Waals surface area contributed by atoms with E-state index in [0.29, 0.717) is 11.4 Å². The van der Waals surface area contributed by atoms with E-state index >= 15 is 0 Å². The number of hydrogen-bond acceptors (Lipinski definition) is 6. The Bertz CT molecular complexity index is 1480. The average Bonchev–Trinajstić information content (AvgIpc) is 2.95. The van der Waals surface area contributed by atoms with Crippen LogP contribution in [0.4, 0.5) is 22.7 Å². The Balaban J connectivity index is 1.64. The normalized spacial score (nSPS) is 10.2. The Labute approximate surface area is 209 Å². The van der Waals surface area contributed by atoms with Gasteiger partial charge in [-0.1, -0.05) is 97.1 Å². The molecule has 0 fully saturated rings. The SMILES string of the molecule is N#Cc1nnc(C#N)c(Nc2ccccc2-c2ccccc2)c1Nc1ccccc1-c1ccccc1. The quantitative estimate of drug-likeness (QED) is 0.280. The van der Waals surface area contributed by atoms with Gasteiger partial charge in [0.1, 0.15) is 23.5 Å². The van der Waals surface area contributed by atoms with Crippen LogP contribution in [0.5, 0.6) is 0 Å². The first-order valence-electron chi connectivity index (χ1n) is 11.3. The topological polar surface area (TPSA) is 97.4 Å². The Kier molecular flexibility index (Phi) is 6.34. The first-order valence-corrected chi connectivity index (χ1v) is 11.3. The summed E-state index contributed by atoms with van der Waals surface area (Å²) in [6.45, 7) is 0. The van der Waals surface area contributed by atoms with Gasteiger partial charge in [-0.05, 0) is 23.3 Å². The molecule has 0 spiro atoms. The van der Waals surface area contributed by atoms with Crippen LogP contribution in [-0.2, 0) is 0 Å². The highest BCUT2D eigenvalue weighted by Crippen LogP contribution is 2.38. The summed E-state index contributed by atoms with van der Waals surface area (Å²) in [5, 5.41) is 34.5. The van der Waals surface area contributed by atoms with Crippen molar-refractivity contribution < 1.29 is 0 Å². The summed E-state index contributed by atoms with van der Waals surface area (Å²) in [6, 6.07) is 39.7. The van der Waals surface area contributed by atoms with E-state index in [-0.39, 0.29) is 11.4 Å². The van der Waals surface area contributed by atoms with Crippen molar-refractivity contribution in [2.75, 3.05) is 10.6 Å². The van der Waals surface area contributed by atoms with E-state index in [1.54, 1.807) is 0 Å². The number of nitrogens with one attached hydrogen (secondary N) is 2. The number of rotatable bonds is 6. The molecule has 0 aliphatic rings.